The van der Waals surface area contributed by atoms with Crippen molar-refractivity contribution in [2.24, 2.45) is 5.73 Å². The zero-order valence-electron chi connectivity index (χ0n) is 12.9. The van der Waals surface area contributed by atoms with Crippen molar-refractivity contribution in [1.82, 2.24) is 0 Å². The van der Waals surface area contributed by atoms with Gasteiger partial charge in [0.05, 0.1) is 5.57 Å². The normalized spacial score (nSPS) is 11.4. The lowest BCUT2D eigenvalue weighted by Crippen LogP contribution is -2.10. The highest BCUT2D eigenvalue weighted by molar-refractivity contribution is 6.21. The van der Waals surface area contributed by atoms with Gasteiger partial charge in [0.15, 0.2) is 0 Å². The summed E-state index contributed by atoms with van der Waals surface area (Å²) < 4.78 is 0. The highest BCUT2D eigenvalue weighted by Crippen LogP contribution is 2.24. The topological polar surface area (TPSA) is 87.2 Å². The van der Waals surface area contributed by atoms with Crippen LogP contribution in [0.4, 0.5) is 0 Å². The molecular weight excluding hydrogens is 300 g/mol. The number of nitrogen functional groups attached to an aromatic ring is 1. The first-order chi connectivity index (χ1) is 11.5. The third-order valence-corrected chi connectivity index (χ3v) is 3.80. The van der Waals surface area contributed by atoms with Gasteiger partial charge in [-0.15, -0.1) is 0 Å². The molecule has 4 heteroatoms. The second-order valence-electron chi connectivity index (χ2n) is 5.46. The summed E-state index contributed by atoms with van der Waals surface area (Å²) in [7, 11) is 0. The monoisotopic (exact) mass is 316 g/mol. The number of nitrogens with two attached hydrogens (primary N) is 1. The summed E-state index contributed by atoms with van der Waals surface area (Å²) in [6.07, 6.45) is 1.66. The molecular formula is C20H16N2O2. The fourth-order valence-electron chi connectivity index (χ4n) is 2.57. The molecule has 0 aromatic heterocycles. The number of nitrogens with one attached hydrogen (secondary N) is 1. The van der Waals surface area contributed by atoms with E-state index in [1.165, 1.54) is 0 Å². The molecule has 4 nitrogen and oxygen atoms in total. The van der Waals surface area contributed by atoms with E-state index in [0.29, 0.717) is 11.1 Å². The molecule has 0 bridgehead atoms. The summed E-state index contributed by atoms with van der Waals surface area (Å²) in [4.78, 5) is 11.7. The largest absolute Gasteiger partial charge is 0.478 e. The Morgan fingerprint density at radius 2 is 1.50 bits per heavy atom. The van der Waals surface area contributed by atoms with Gasteiger partial charge in [0.25, 0.3) is 0 Å². The molecule has 0 saturated heterocycles. The number of amidine groups is 1. The number of aliphatic carboxylic acids is 1. The molecule has 3 rings (SSSR count). The van der Waals surface area contributed by atoms with E-state index in [1.807, 2.05) is 54.6 Å². The van der Waals surface area contributed by atoms with Crippen LogP contribution in [0.1, 0.15) is 16.7 Å². The van der Waals surface area contributed by atoms with E-state index in [-0.39, 0.29) is 11.4 Å². The number of carboxylic acids is 1. The Bertz CT molecular complexity index is 960. The van der Waals surface area contributed by atoms with Crippen molar-refractivity contribution in [2.75, 3.05) is 0 Å². The predicted molar refractivity (Wildman–Crippen MR) is 96.9 cm³/mol. The summed E-state index contributed by atoms with van der Waals surface area (Å²) in [5, 5.41) is 18.9. The summed E-state index contributed by atoms with van der Waals surface area (Å²) >= 11 is 0. The zero-order chi connectivity index (χ0) is 17.1. The Kier molecular flexibility index (Phi) is 4.12. The number of carbonyl (C=O) groups is 1. The standard InChI is InChI=1S/C20H16N2O2/c21-19(22)17-9-7-14-11-16(8-6-15(14)12-17)18(20(23)24)10-13-4-2-1-3-5-13/h1-12H,(H3,21,22)(H,23,24). The maximum atomic E-state index is 11.7. The Balaban J connectivity index is 2.09. The molecule has 0 atom stereocenters. The number of hydrogen-bond donors (Lipinski definition) is 3. The van der Waals surface area contributed by atoms with Crippen LogP contribution in [0, 0.1) is 5.41 Å². The molecule has 0 unspecified atom stereocenters. The molecule has 0 saturated carbocycles. The fourth-order valence-corrected chi connectivity index (χ4v) is 2.57. The van der Waals surface area contributed by atoms with Crippen LogP contribution in [0.15, 0.2) is 66.7 Å². The minimum atomic E-state index is -0.974. The first-order valence-corrected chi connectivity index (χ1v) is 7.43. The van der Waals surface area contributed by atoms with Gasteiger partial charge >= 0.3 is 5.97 Å². The van der Waals surface area contributed by atoms with Crippen LogP contribution in [0.25, 0.3) is 22.4 Å². The smallest absolute Gasteiger partial charge is 0.336 e. The molecule has 0 aliphatic rings. The lowest BCUT2D eigenvalue weighted by Gasteiger charge is -2.07. The van der Waals surface area contributed by atoms with Gasteiger partial charge < -0.3 is 10.8 Å². The van der Waals surface area contributed by atoms with Gasteiger partial charge in [-0.3, -0.25) is 5.41 Å². The Morgan fingerprint density at radius 3 is 2.08 bits per heavy atom. The minimum Gasteiger partial charge on any atom is -0.478 e. The molecule has 0 fully saturated rings. The summed E-state index contributed by atoms with van der Waals surface area (Å²) in [5.74, 6) is -0.963. The van der Waals surface area contributed by atoms with Crippen LogP contribution in [0.2, 0.25) is 0 Å². The molecule has 118 valence electrons. The van der Waals surface area contributed by atoms with Gasteiger partial charge in [-0.25, -0.2) is 4.79 Å². The van der Waals surface area contributed by atoms with Crippen LogP contribution in [0.5, 0.6) is 0 Å². The van der Waals surface area contributed by atoms with Gasteiger partial charge in [0.1, 0.15) is 5.84 Å². The summed E-state index contributed by atoms with van der Waals surface area (Å²) in [5.41, 5.74) is 7.86. The van der Waals surface area contributed by atoms with E-state index < -0.39 is 5.97 Å². The van der Waals surface area contributed by atoms with E-state index in [2.05, 4.69) is 0 Å². The van der Waals surface area contributed by atoms with Crippen LogP contribution in [0.3, 0.4) is 0 Å². The highest BCUT2D eigenvalue weighted by atomic mass is 16.4. The number of fused-ring (bicyclic) bond motifs is 1. The van der Waals surface area contributed by atoms with Crippen molar-refractivity contribution >= 4 is 34.2 Å². The Morgan fingerprint density at radius 1 is 0.917 bits per heavy atom. The van der Waals surface area contributed by atoms with Gasteiger partial charge in [-0.2, -0.15) is 0 Å². The zero-order valence-corrected chi connectivity index (χ0v) is 12.9. The van der Waals surface area contributed by atoms with Crippen molar-refractivity contribution < 1.29 is 9.90 Å². The number of carboxylic acid groups (broad SMARTS) is 1. The molecule has 0 heterocycles. The first-order valence-electron chi connectivity index (χ1n) is 7.43. The predicted octanol–water partition coefficient (Wildman–Crippen LogP) is 3.75. The second kappa shape index (κ2) is 6.38. The lowest BCUT2D eigenvalue weighted by atomic mass is 9.98. The maximum Gasteiger partial charge on any atom is 0.336 e. The summed E-state index contributed by atoms with van der Waals surface area (Å²) in [6.45, 7) is 0. The molecule has 3 aromatic carbocycles. The van der Waals surface area contributed by atoms with Crippen LogP contribution in [-0.4, -0.2) is 16.9 Å². The van der Waals surface area contributed by atoms with E-state index in [9.17, 15) is 9.90 Å². The number of benzene rings is 3. The molecule has 0 aliphatic heterocycles. The number of rotatable bonds is 4. The molecule has 24 heavy (non-hydrogen) atoms. The van der Waals surface area contributed by atoms with Crippen molar-refractivity contribution in [1.29, 1.82) is 5.41 Å². The SMILES string of the molecule is N=C(N)c1ccc2cc(C(=Cc3ccccc3)C(=O)O)ccc2c1. The van der Waals surface area contributed by atoms with Crippen molar-refractivity contribution in [3.63, 3.8) is 0 Å². The Labute approximate surface area is 139 Å². The number of hydrogen-bond acceptors (Lipinski definition) is 2. The quantitative estimate of drug-likeness (QED) is 0.296. The summed E-state index contributed by atoms with van der Waals surface area (Å²) in [6, 6.07) is 20.2. The molecule has 3 aromatic rings. The van der Waals surface area contributed by atoms with Crippen LogP contribution >= 0.6 is 0 Å². The van der Waals surface area contributed by atoms with Crippen LogP contribution < -0.4 is 5.73 Å². The minimum absolute atomic E-state index is 0.0103. The average molecular weight is 316 g/mol. The third kappa shape index (κ3) is 3.17. The fraction of sp³-hybridized carbons (Fsp3) is 0. The highest BCUT2D eigenvalue weighted by Gasteiger charge is 2.11. The molecule has 4 N–H and O–H groups in total. The van der Waals surface area contributed by atoms with E-state index in [1.54, 1.807) is 18.2 Å². The molecule has 0 amide bonds. The van der Waals surface area contributed by atoms with Crippen molar-refractivity contribution in [3.05, 3.63) is 83.4 Å². The van der Waals surface area contributed by atoms with Gasteiger partial charge in [-0.05, 0) is 40.1 Å². The lowest BCUT2D eigenvalue weighted by molar-refractivity contribution is -0.130. The second-order valence-corrected chi connectivity index (χ2v) is 5.46. The molecule has 0 aliphatic carbocycles. The van der Waals surface area contributed by atoms with Gasteiger partial charge in [0.2, 0.25) is 0 Å². The van der Waals surface area contributed by atoms with Gasteiger partial charge in [-0.1, -0.05) is 54.6 Å². The van der Waals surface area contributed by atoms with E-state index in [0.717, 1.165) is 16.3 Å². The molecule has 0 radical (unpaired) electrons. The van der Waals surface area contributed by atoms with Gasteiger partial charge in [0, 0.05) is 5.56 Å². The molecule has 0 spiro atoms. The maximum absolute atomic E-state index is 11.7. The van der Waals surface area contributed by atoms with E-state index >= 15 is 0 Å². The Hall–Kier alpha value is -3.40. The van der Waals surface area contributed by atoms with Crippen molar-refractivity contribution in [3.8, 4) is 0 Å². The van der Waals surface area contributed by atoms with E-state index in [4.69, 9.17) is 11.1 Å². The third-order valence-electron chi connectivity index (χ3n) is 3.80. The first kappa shape index (κ1) is 15.5. The average Bonchev–Trinajstić information content (AvgIpc) is 2.59. The van der Waals surface area contributed by atoms with Crippen LogP contribution in [-0.2, 0) is 4.79 Å². The van der Waals surface area contributed by atoms with Crippen molar-refractivity contribution in [2.45, 2.75) is 0 Å².